The molecule has 0 aliphatic carbocycles. The Kier molecular flexibility index (Phi) is 12.5. The number of rotatable bonds is 13. The van der Waals surface area contributed by atoms with E-state index in [1.54, 1.807) is 18.2 Å². The van der Waals surface area contributed by atoms with Crippen LogP contribution in [0.4, 0.5) is 10.5 Å². The van der Waals surface area contributed by atoms with Gasteiger partial charge in [0.15, 0.2) is 6.29 Å². The van der Waals surface area contributed by atoms with Crippen molar-refractivity contribution >= 4 is 17.7 Å². The molecule has 4 N–H and O–H groups in total. The number of carbonyl (C=O) groups is 2. The zero-order chi connectivity index (χ0) is 34.8. The minimum atomic E-state index is -0.876. The van der Waals surface area contributed by atoms with Gasteiger partial charge in [-0.15, -0.1) is 0 Å². The van der Waals surface area contributed by atoms with E-state index in [0.29, 0.717) is 24.2 Å². The van der Waals surface area contributed by atoms with Crippen molar-refractivity contribution in [2.24, 2.45) is 0 Å². The highest BCUT2D eigenvalue weighted by molar-refractivity contribution is 5.92. The van der Waals surface area contributed by atoms with Crippen LogP contribution in [-0.2, 0) is 32.0 Å². The summed E-state index contributed by atoms with van der Waals surface area (Å²) < 4.78 is 18.0. The zero-order valence-corrected chi connectivity index (χ0v) is 28.1. The molecule has 1 aliphatic rings. The highest BCUT2D eigenvalue weighted by atomic mass is 16.7. The van der Waals surface area contributed by atoms with E-state index in [0.717, 1.165) is 22.3 Å². The van der Waals surface area contributed by atoms with Crippen molar-refractivity contribution in [3.8, 4) is 0 Å². The largest absolute Gasteiger partial charge is 0.467 e. The number of ether oxygens (including phenoxy) is 3. The molecule has 0 saturated carbocycles. The molecule has 4 aromatic rings. The van der Waals surface area contributed by atoms with Gasteiger partial charge in [0.25, 0.3) is 0 Å². The van der Waals surface area contributed by atoms with E-state index in [-0.39, 0.29) is 31.3 Å². The number of carbonyl (C=O) groups excluding carboxylic acids is 2. The summed E-state index contributed by atoms with van der Waals surface area (Å²) >= 11 is 0. The van der Waals surface area contributed by atoms with Gasteiger partial charge >= 0.3 is 12.0 Å². The zero-order valence-electron chi connectivity index (χ0n) is 28.1. The molecule has 10 nitrogen and oxygen atoms in total. The molecule has 5 rings (SSSR count). The standard InChI is InChI=1S/C39H45N3O7/c1-26(36(44)30-13-8-5-9-14-30)42(2)24-33-23-35(29-19-17-28(25-43)18-20-29)49-38(48-33)31-15-10-16-32(22-31)40-39(46)41-34(37(45)47-3)21-27-11-6-4-7-12-27/h4-20,22,26,33-36,38,43-44H,21,23-25H2,1-3H3,(H2,40,41,46)/t26-,33-,34+,35+,36-,38+/m1/s1. The van der Waals surface area contributed by atoms with E-state index in [1.807, 2.05) is 105 Å². The summed E-state index contributed by atoms with van der Waals surface area (Å²) in [5.74, 6) is -0.545. The van der Waals surface area contributed by atoms with Crippen molar-refractivity contribution in [3.05, 3.63) is 137 Å². The number of amides is 2. The van der Waals surface area contributed by atoms with Crippen molar-refractivity contribution in [2.75, 3.05) is 26.0 Å². The van der Waals surface area contributed by atoms with Gasteiger partial charge < -0.3 is 35.1 Å². The molecule has 1 fully saturated rings. The second-order valence-corrected chi connectivity index (χ2v) is 12.4. The van der Waals surface area contributed by atoms with Crippen molar-refractivity contribution in [2.45, 2.75) is 63.1 Å². The Morgan fingerprint density at radius 3 is 2.27 bits per heavy atom. The Balaban J connectivity index is 1.31. The van der Waals surface area contributed by atoms with E-state index >= 15 is 0 Å². The highest BCUT2D eigenvalue weighted by Gasteiger charge is 2.34. The number of aliphatic hydroxyl groups is 2. The molecule has 258 valence electrons. The number of nitrogens with one attached hydrogen (secondary N) is 2. The third-order valence-corrected chi connectivity index (χ3v) is 8.89. The first kappa shape index (κ1) is 35.7. The van der Waals surface area contributed by atoms with Crippen molar-refractivity contribution in [1.82, 2.24) is 10.2 Å². The van der Waals surface area contributed by atoms with Crippen molar-refractivity contribution < 1.29 is 34.0 Å². The van der Waals surface area contributed by atoms with Crippen LogP contribution in [0.1, 0.15) is 59.7 Å². The van der Waals surface area contributed by atoms with E-state index in [9.17, 15) is 19.8 Å². The first-order valence-corrected chi connectivity index (χ1v) is 16.5. The molecular weight excluding hydrogens is 622 g/mol. The Labute approximate surface area is 287 Å². The monoisotopic (exact) mass is 667 g/mol. The van der Waals surface area contributed by atoms with Gasteiger partial charge in [-0.1, -0.05) is 97.1 Å². The number of hydrogen-bond donors (Lipinski definition) is 4. The lowest BCUT2D eigenvalue weighted by molar-refractivity contribution is -0.253. The molecule has 49 heavy (non-hydrogen) atoms. The smallest absolute Gasteiger partial charge is 0.328 e. The molecule has 2 amide bonds. The van der Waals surface area contributed by atoms with Crippen LogP contribution in [0.2, 0.25) is 0 Å². The van der Waals surface area contributed by atoms with E-state index < -0.39 is 30.4 Å². The summed E-state index contributed by atoms with van der Waals surface area (Å²) in [6, 6.07) is 32.3. The van der Waals surface area contributed by atoms with Gasteiger partial charge in [0.05, 0.1) is 32.0 Å². The maximum Gasteiger partial charge on any atom is 0.328 e. The number of nitrogens with zero attached hydrogens (tertiary/aromatic N) is 1. The third-order valence-electron chi connectivity index (χ3n) is 8.89. The number of anilines is 1. The Hall–Kier alpha value is -4.58. The van der Waals surface area contributed by atoms with Gasteiger partial charge in [-0.25, -0.2) is 9.59 Å². The van der Waals surface area contributed by atoms with Gasteiger partial charge in [0.2, 0.25) is 0 Å². The number of esters is 1. The number of urea groups is 1. The van der Waals surface area contributed by atoms with Crippen LogP contribution in [0, 0.1) is 0 Å². The lowest BCUT2D eigenvalue weighted by Gasteiger charge is -2.39. The molecule has 1 saturated heterocycles. The summed E-state index contributed by atoms with van der Waals surface area (Å²) in [4.78, 5) is 27.6. The topological polar surface area (TPSA) is 130 Å². The number of benzene rings is 4. The summed E-state index contributed by atoms with van der Waals surface area (Å²) in [5, 5.41) is 26.2. The molecular formula is C39H45N3O7. The predicted octanol–water partition coefficient (Wildman–Crippen LogP) is 5.68. The molecule has 0 aromatic heterocycles. The molecule has 6 atom stereocenters. The fourth-order valence-corrected chi connectivity index (χ4v) is 5.96. The number of hydrogen-bond acceptors (Lipinski definition) is 8. The van der Waals surface area contributed by atoms with Gasteiger partial charge in [-0.2, -0.15) is 0 Å². The third kappa shape index (κ3) is 9.75. The highest BCUT2D eigenvalue weighted by Crippen LogP contribution is 2.39. The van der Waals surface area contributed by atoms with Crippen LogP contribution in [0.5, 0.6) is 0 Å². The van der Waals surface area contributed by atoms with Crippen LogP contribution in [0.15, 0.2) is 109 Å². The van der Waals surface area contributed by atoms with Crippen molar-refractivity contribution in [1.29, 1.82) is 0 Å². The molecule has 0 unspecified atom stereocenters. The van der Waals surface area contributed by atoms with Crippen molar-refractivity contribution in [3.63, 3.8) is 0 Å². The quantitative estimate of drug-likeness (QED) is 0.134. The van der Waals surface area contributed by atoms with Crippen LogP contribution < -0.4 is 10.6 Å². The second kappa shape index (κ2) is 17.2. The molecule has 0 spiro atoms. The fraction of sp³-hybridized carbons (Fsp3) is 0.333. The summed E-state index contributed by atoms with van der Waals surface area (Å²) in [6.45, 7) is 2.48. The molecule has 4 aromatic carbocycles. The average molecular weight is 668 g/mol. The van der Waals surface area contributed by atoms with Crippen LogP contribution in [-0.4, -0.2) is 66.0 Å². The van der Waals surface area contributed by atoms with E-state index in [1.165, 1.54) is 7.11 Å². The Morgan fingerprint density at radius 2 is 1.59 bits per heavy atom. The Morgan fingerprint density at radius 1 is 0.898 bits per heavy atom. The first-order chi connectivity index (χ1) is 23.7. The fourth-order valence-electron chi connectivity index (χ4n) is 5.96. The molecule has 0 bridgehead atoms. The second-order valence-electron chi connectivity index (χ2n) is 12.4. The number of methoxy groups -OCH3 is 1. The SMILES string of the molecule is COC(=O)[C@H](Cc1ccccc1)NC(=O)Nc1cccc([C@H]2O[C@@H](CN(C)[C@H](C)[C@@H](O)c3ccccc3)C[C@@H](c3ccc(CO)cc3)O2)c1. The predicted molar refractivity (Wildman–Crippen MR) is 186 cm³/mol. The maximum atomic E-state index is 13.1. The van der Waals surface area contributed by atoms with Crippen LogP contribution in [0.25, 0.3) is 0 Å². The summed E-state index contributed by atoms with van der Waals surface area (Å²) in [5.41, 5.74) is 4.69. The Bertz CT molecular complexity index is 1640. The molecule has 0 radical (unpaired) electrons. The summed E-state index contributed by atoms with van der Waals surface area (Å²) in [7, 11) is 3.26. The lowest BCUT2D eigenvalue weighted by atomic mass is 9.98. The number of likely N-dealkylation sites (N-methyl/N-ethyl adjacent to an activating group) is 1. The average Bonchev–Trinajstić information content (AvgIpc) is 3.14. The van der Waals surface area contributed by atoms with Crippen LogP contribution >= 0.6 is 0 Å². The van der Waals surface area contributed by atoms with Gasteiger partial charge in [0, 0.05) is 36.7 Å². The summed E-state index contributed by atoms with van der Waals surface area (Å²) in [6.07, 6.45) is -1.14. The molecule has 10 heteroatoms. The molecule has 1 aliphatic heterocycles. The molecule has 1 heterocycles. The minimum absolute atomic E-state index is 0.0490. The van der Waals surface area contributed by atoms with E-state index in [2.05, 4.69) is 15.5 Å². The van der Waals surface area contributed by atoms with Gasteiger partial charge in [-0.3, -0.25) is 4.90 Å². The van der Waals surface area contributed by atoms with E-state index in [4.69, 9.17) is 14.2 Å². The normalized spacial score (nSPS) is 19.4. The maximum absolute atomic E-state index is 13.1. The number of aliphatic hydroxyl groups excluding tert-OH is 2. The van der Waals surface area contributed by atoms with Gasteiger partial charge in [-0.05, 0) is 48.4 Å². The first-order valence-electron chi connectivity index (χ1n) is 16.5. The van der Waals surface area contributed by atoms with Crippen LogP contribution in [0.3, 0.4) is 0 Å². The minimum Gasteiger partial charge on any atom is -0.467 e. The van der Waals surface area contributed by atoms with Gasteiger partial charge in [0.1, 0.15) is 6.04 Å². The lowest BCUT2D eigenvalue weighted by Crippen LogP contribution is -2.45.